The van der Waals surface area contributed by atoms with Gasteiger partial charge < -0.3 is 15.0 Å². The van der Waals surface area contributed by atoms with Crippen molar-refractivity contribution in [1.82, 2.24) is 9.55 Å². The summed E-state index contributed by atoms with van der Waals surface area (Å²) >= 11 is 0. The second-order valence-corrected chi connectivity index (χ2v) is 5.04. The van der Waals surface area contributed by atoms with Gasteiger partial charge >= 0.3 is 0 Å². The second-order valence-electron chi connectivity index (χ2n) is 5.04. The van der Waals surface area contributed by atoms with Crippen LogP contribution in [0.4, 0.5) is 5.82 Å². The van der Waals surface area contributed by atoms with E-state index in [9.17, 15) is 0 Å². The molecule has 102 valence electrons. The predicted molar refractivity (Wildman–Crippen MR) is 78.5 cm³/mol. The number of nitrogens with two attached hydrogens (primary N) is 1. The Kier molecular flexibility index (Phi) is 3.51. The lowest BCUT2D eigenvalue weighted by Crippen LogP contribution is -2.07. The van der Waals surface area contributed by atoms with Crippen molar-refractivity contribution in [2.75, 3.05) is 12.8 Å². The lowest BCUT2D eigenvalue weighted by molar-refractivity contribution is 0.412. The summed E-state index contributed by atoms with van der Waals surface area (Å²) in [6, 6.07) is 6.31. The maximum Gasteiger partial charge on any atom is 0.131 e. The zero-order valence-electron chi connectivity index (χ0n) is 12.2. The number of hydrogen-bond donors (Lipinski definition) is 1. The Morgan fingerprint density at radius 2 is 1.95 bits per heavy atom. The molecule has 0 saturated heterocycles. The first-order valence-corrected chi connectivity index (χ1v) is 6.45. The van der Waals surface area contributed by atoms with Crippen LogP contribution in [0.1, 0.15) is 31.3 Å². The monoisotopic (exact) mass is 259 g/mol. The highest BCUT2D eigenvalue weighted by molar-refractivity contribution is 5.72. The van der Waals surface area contributed by atoms with Gasteiger partial charge in [-0.15, -0.1) is 0 Å². The van der Waals surface area contributed by atoms with Gasteiger partial charge in [0, 0.05) is 11.6 Å². The van der Waals surface area contributed by atoms with Crippen LogP contribution in [0.15, 0.2) is 18.2 Å². The van der Waals surface area contributed by atoms with Crippen LogP contribution in [0.5, 0.6) is 5.75 Å². The van der Waals surface area contributed by atoms with Crippen molar-refractivity contribution < 1.29 is 4.74 Å². The van der Waals surface area contributed by atoms with Crippen LogP contribution in [0.3, 0.4) is 0 Å². The Bertz CT molecular complexity index is 600. The molecular weight excluding hydrogens is 238 g/mol. The van der Waals surface area contributed by atoms with Crippen molar-refractivity contribution >= 4 is 5.82 Å². The molecule has 1 heterocycles. The molecule has 0 amide bonds. The molecule has 0 aliphatic heterocycles. The third-order valence-corrected chi connectivity index (χ3v) is 3.31. The molecule has 0 fully saturated rings. The third-order valence-electron chi connectivity index (χ3n) is 3.31. The maximum atomic E-state index is 6.23. The molecule has 19 heavy (non-hydrogen) atoms. The van der Waals surface area contributed by atoms with Gasteiger partial charge in [-0.05, 0) is 51.5 Å². The van der Waals surface area contributed by atoms with Crippen molar-refractivity contribution in [3.05, 3.63) is 29.6 Å². The molecule has 2 N–H and O–H groups in total. The Morgan fingerprint density at radius 1 is 1.26 bits per heavy atom. The molecule has 2 aromatic rings. The van der Waals surface area contributed by atoms with Gasteiger partial charge in [0.2, 0.25) is 0 Å². The number of methoxy groups -OCH3 is 1. The predicted octanol–water partition coefficient (Wildman–Crippen LogP) is 3.34. The summed E-state index contributed by atoms with van der Waals surface area (Å²) in [5, 5.41) is 0. The summed E-state index contributed by atoms with van der Waals surface area (Å²) in [5.41, 5.74) is 9.18. The van der Waals surface area contributed by atoms with Crippen LogP contribution >= 0.6 is 0 Å². The van der Waals surface area contributed by atoms with Crippen LogP contribution in [-0.2, 0) is 0 Å². The SMILES string of the molecule is COc1ccc(-c2nc(C)n(C(C)C)c2N)cc1C. The van der Waals surface area contributed by atoms with Gasteiger partial charge in [0.15, 0.2) is 0 Å². The largest absolute Gasteiger partial charge is 0.496 e. The van der Waals surface area contributed by atoms with E-state index >= 15 is 0 Å². The molecule has 0 unspecified atom stereocenters. The first-order chi connectivity index (χ1) is 8.95. The molecule has 4 heteroatoms. The van der Waals surface area contributed by atoms with Gasteiger partial charge in [0.1, 0.15) is 23.1 Å². The van der Waals surface area contributed by atoms with Crippen molar-refractivity contribution in [2.45, 2.75) is 33.7 Å². The summed E-state index contributed by atoms with van der Waals surface area (Å²) in [6.45, 7) is 8.21. The standard InChI is InChI=1S/C15H21N3O/c1-9(2)18-11(4)17-14(15(18)16)12-6-7-13(19-5)10(3)8-12/h6-9H,16H2,1-5H3. The van der Waals surface area contributed by atoms with E-state index in [1.54, 1.807) is 7.11 Å². The molecule has 0 aliphatic carbocycles. The second kappa shape index (κ2) is 4.96. The summed E-state index contributed by atoms with van der Waals surface area (Å²) in [6.07, 6.45) is 0. The fourth-order valence-electron chi connectivity index (χ4n) is 2.45. The molecule has 0 saturated carbocycles. The Labute approximate surface area is 114 Å². The molecule has 0 radical (unpaired) electrons. The van der Waals surface area contributed by atoms with Crippen LogP contribution < -0.4 is 10.5 Å². The minimum atomic E-state index is 0.306. The molecule has 0 bridgehead atoms. The highest BCUT2D eigenvalue weighted by atomic mass is 16.5. The van der Waals surface area contributed by atoms with Gasteiger partial charge in [-0.25, -0.2) is 4.98 Å². The topological polar surface area (TPSA) is 53.1 Å². The number of aryl methyl sites for hydroxylation is 2. The molecule has 2 rings (SSSR count). The van der Waals surface area contributed by atoms with Crippen molar-refractivity contribution in [1.29, 1.82) is 0 Å². The number of aromatic nitrogens is 2. The smallest absolute Gasteiger partial charge is 0.131 e. The summed E-state index contributed by atoms with van der Waals surface area (Å²) in [4.78, 5) is 4.60. The van der Waals surface area contributed by atoms with Gasteiger partial charge in [-0.1, -0.05) is 0 Å². The number of benzene rings is 1. The molecule has 1 aromatic heterocycles. The normalized spacial score (nSPS) is 11.1. The molecular formula is C15H21N3O. The maximum absolute atomic E-state index is 6.23. The highest BCUT2D eigenvalue weighted by Gasteiger charge is 2.16. The quantitative estimate of drug-likeness (QED) is 0.919. The number of hydrogen-bond acceptors (Lipinski definition) is 3. The van der Waals surface area contributed by atoms with E-state index in [2.05, 4.69) is 29.5 Å². The van der Waals surface area contributed by atoms with Crippen molar-refractivity contribution in [3.8, 4) is 17.0 Å². The Hall–Kier alpha value is -1.97. The zero-order chi connectivity index (χ0) is 14.2. The van der Waals surface area contributed by atoms with E-state index in [4.69, 9.17) is 10.5 Å². The van der Waals surface area contributed by atoms with Gasteiger partial charge in [-0.3, -0.25) is 0 Å². The van der Waals surface area contributed by atoms with E-state index < -0.39 is 0 Å². The van der Waals surface area contributed by atoms with Gasteiger partial charge in [-0.2, -0.15) is 0 Å². The minimum Gasteiger partial charge on any atom is -0.496 e. The Morgan fingerprint density at radius 3 is 2.42 bits per heavy atom. The fraction of sp³-hybridized carbons (Fsp3) is 0.400. The highest BCUT2D eigenvalue weighted by Crippen LogP contribution is 2.31. The summed E-state index contributed by atoms with van der Waals surface area (Å²) in [7, 11) is 1.67. The summed E-state index contributed by atoms with van der Waals surface area (Å²) in [5.74, 6) is 2.54. The van der Waals surface area contributed by atoms with E-state index in [1.165, 1.54) is 0 Å². The average molecular weight is 259 g/mol. The van der Waals surface area contributed by atoms with Crippen molar-refractivity contribution in [2.24, 2.45) is 0 Å². The number of nitrogens with zero attached hydrogens (tertiary/aromatic N) is 2. The number of nitrogen functional groups attached to an aromatic ring is 1. The van der Waals surface area contributed by atoms with E-state index in [0.717, 1.165) is 34.2 Å². The lowest BCUT2D eigenvalue weighted by Gasteiger charge is -2.11. The molecule has 1 aromatic carbocycles. The van der Waals surface area contributed by atoms with Gasteiger partial charge in [0.25, 0.3) is 0 Å². The number of rotatable bonds is 3. The first-order valence-electron chi connectivity index (χ1n) is 6.45. The number of ether oxygens (including phenoxy) is 1. The van der Waals surface area contributed by atoms with E-state index in [1.807, 2.05) is 26.0 Å². The molecule has 4 nitrogen and oxygen atoms in total. The Balaban J connectivity index is 2.54. The van der Waals surface area contributed by atoms with Crippen molar-refractivity contribution in [3.63, 3.8) is 0 Å². The van der Waals surface area contributed by atoms with E-state index in [0.29, 0.717) is 6.04 Å². The third kappa shape index (κ3) is 2.30. The number of imidazole rings is 1. The van der Waals surface area contributed by atoms with Gasteiger partial charge in [0.05, 0.1) is 7.11 Å². The van der Waals surface area contributed by atoms with Crippen LogP contribution in [0.2, 0.25) is 0 Å². The van der Waals surface area contributed by atoms with E-state index in [-0.39, 0.29) is 0 Å². The number of anilines is 1. The zero-order valence-corrected chi connectivity index (χ0v) is 12.2. The van der Waals surface area contributed by atoms with Crippen LogP contribution in [0.25, 0.3) is 11.3 Å². The first kappa shape index (κ1) is 13.5. The molecule has 0 atom stereocenters. The fourth-order valence-corrected chi connectivity index (χ4v) is 2.45. The molecule has 0 spiro atoms. The average Bonchev–Trinajstić information content (AvgIpc) is 2.64. The summed E-state index contributed by atoms with van der Waals surface area (Å²) < 4.78 is 7.33. The molecule has 0 aliphatic rings. The van der Waals surface area contributed by atoms with Crippen LogP contribution in [-0.4, -0.2) is 16.7 Å². The minimum absolute atomic E-state index is 0.306. The lowest BCUT2D eigenvalue weighted by atomic mass is 10.1. The van der Waals surface area contributed by atoms with Crippen LogP contribution in [0, 0.1) is 13.8 Å².